The molecule has 0 radical (unpaired) electrons. The highest BCUT2D eigenvalue weighted by Gasteiger charge is 2.20. The molecule has 260 valence electrons. The molecule has 51 heavy (non-hydrogen) atoms. The Morgan fingerprint density at radius 1 is 0.922 bits per heavy atom. The van der Waals surface area contributed by atoms with Crippen LogP contribution >= 0.6 is 0 Å². The maximum atomic E-state index is 10.4. The van der Waals surface area contributed by atoms with Gasteiger partial charge in [-0.2, -0.15) is 5.10 Å². The molecule has 0 bridgehead atoms. The molecule has 2 aliphatic carbocycles. The second kappa shape index (κ2) is 17.6. The first kappa shape index (κ1) is 34.9. The van der Waals surface area contributed by atoms with Crippen LogP contribution in [0.25, 0.3) is 32.7 Å². The van der Waals surface area contributed by atoms with Crippen LogP contribution in [0.15, 0.2) is 84.8 Å². The first-order valence-corrected chi connectivity index (χ1v) is 17.6. The number of imidazole rings is 1. The third-order valence-electron chi connectivity index (χ3n) is 9.23. The predicted molar refractivity (Wildman–Crippen MR) is 202 cm³/mol. The fraction of sp³-hybridized carbons (Fsp3) is 0.333. The molecule has 2 saturated carbocycles. The Morgan fingerprint density at radius 2 is 1.73 bits per heavy atom. The number of rotatable bonds is 4. The number of nitrogens with one attached hydrogen (secondary N) is 2. The summed E-state index contributed by atoms with van der Waals surface area (Å²) in [5, 5.41) is 12.0. The number of aliphatic imine (C=N–C) groups is 1. The molecule has 1 aliphatic heterocycles. The average molecular weight is 682 g/mol. The second-order valence-corrected chi connectivity index (χ2v) is 12.9. The Balaban J connectivity index is 0.000000141. The van der Waals surface area contributed by atoms with Crippen molar-refractivity contribution in [1.29, 1.82) is 0 Å². The lowest BCUT2D eigenvalue weighted by atomic mass is 9.95. The standard InChI is InChI=1S/C19H20N6.C9H7NO.C7H11N.C4H5N3/c1-2-4-15(5-3-1)22-19-18(23-17-12-20-8-9-25(17)19)13-6-7-16-14(10-13)11-21-24-16;11-6-7-1-2-8-4-10-5-9(8)3-7;1-8-7-5-3-2-4-6-7;5-4-3-6-1-2-7-4/h6-12,15,22H,1-5H2,(H,21,24);1-3,5-6H,4H2;7H,2-6H2;1-3H,(H2,5,7). The molecule has 3 aliphatic rings. The Labute approximate surface area is 297 Å². The van der Waals surface area contributed by atoms with Crippen molar-refractivity contribution >= 4 is 40.7 Å². The Kier molecular flexibility index (Phi) is 12.1. The van der Waals surface area contributed by atoms with Gasteiger partial charge in [0, 0.05) is 66.4 Å². The van der Waals surface area contributed by atoms with Crippen molar-refractivity contribution in [2.75, 3.05) is 11.1 Å². The van der Waals surface area contributed by atoms with E-state index in [1.807, 2.05) is 49.2 Å². The summed E-state index contributed by atoms with van der Waals surface area (Å²) >= 11 is 0. The molecule has 9 rings (SSSR count). The van der Waals surface area contributed by atoms with E-state index in [-0.39, 0.29) is 0 Å². The molecule has 0 atom stereocenters. The van der Waals surface area contributed by atoms with Crippen molar-refractivity contribution in [2.45, 2.75) is 82.8 Å². The van der Waals surface area contributed by atoms with Gasteiger partial charge in [0.05, 0.1) is 30.7 Å². The minimum absolute atomic E-state index is 0.378. The first-order valence-electron chi connectivity index (χ1n) is 17.6. The lowest BCUT2D eigenvalue weighted by molar-refractivity contribution is 0.112. The van der Waals surface area contributed by atoms with Gasteiger partial charge in [0.15, 0.2) is 5.65 Å². The van der Waals surface area contributed by atoms with Crippen LogP contribution in [0.5, 0.6) is 0 Å². The summed E-state index contributed by atoms with van der Waals surface area (Å²) in [5.74, 6) is 1.52. The molecule has 12 nitrogen and oxygen atoms in total. The molecule has 2 fully saturated rings. The van der Waals surface area contributed by atoms with Crippen LogP contribution in [-0.4, -0.2) is 59.1 Å². The van der Waals surface area contributed by atoms with Crippen LogP contribution in [0.2, 0.25) is 0 Å². The number of H-pyrrole nitrogens is 1. The highest BCUT2D eigenvalue weighted by molar-refractivity contribution is 5.88. The van der Waals surface area contributed by atoms with E-state index in [0.717, 1.165) is 70.4 Å². The first-order chi connectivity index (χ1) is 25.1. The van der Waals surface area contributed by atoms with E-state index in [9.17, 15) is 4.79 Å². The largest absolute Gasteiger partial charge is 0.382 e. The lowest BCUT2D eigenvalue weighted by Gasteiger charge is -2.24. The van der Waals surface area contributed by atoms with E-state index in [0.29, 0.717) is 17.9 Å². The smallest absolute Gasteiger partial charge is 0.223 e. The number of nitrogens with two attached hydrogens (primary N) is 1. The minimum Gasteiger partial charge on any atom is -0.382 e. The number of nitrogen functional groups attached to an aromatic ring is 1. The van der Waals surface area contributed by atoms with Gasteiger partial charge in [0.1, 0.15) is 23.6 Å². The number of aromatic amines is 1. The molecule has 2 aromatic carbocycles. The van der Waals surface area contributed by atoms with Gasteiger partial charge in [-0.25, -0.2) is 16.5 Å². The molecule has 6 aromatic rings. The zero-order valence-corrected chi connectivity index (χ0v) is 28.7. The zero-order chi connectivity index (χ0) is 35.3. The minimum atomic E-state index is 0.378. The van der Waals surface area contributed by atoms with Gasteiger partial charge < -0.3 is 15.9 Å². The number of hydrogen-bond donors (Lipinski definition) is 3. The number of carbonyl (C=O) groups is 1. The molecule has 4 aromatic heterocycles. The zero-order valence-electron chi connectivity index (χ0n) is 28.7. The van der Waals surface area contributed by atoms with E-state index < -0.39 is 0 Å². The lowest BCUT2D eigenvalue weighted by Crippen LogP contribution is -2.23. The molecule has 0 unspecified atom stereocenters. The van der Waals surface area contributed by atoms with Crippen LogP contribution in [0.3, 0.4) is 0 Å². The topological polar surface area (TPSA) is 156 Å². The number of hydrogen-bond acceptors (Lipinski definition) is 9. The fourth-order valence-electron chi connectivity index (χ4n) is 6.49. The monoisotopic (exact) mass is 681 g/mol. The molecule has 5 heterocycles. The molecule has 0 saturated heterocycles. The van der Waals surface area contributed by atoms with Crippen molar-refractivity contribution in [2.24, 2.45) is 4.99 Å². The summed E-state index contributed by atoms with van der Waals surface area (Å²) in [7, 11) is 0. The van der Waals surface area contributed by atoms with E-state index in [2.05, 4.69) is 62.9 Å². The number of aldehydes is 1. The van der Waals surface area contributed by atoms with Crippen LogP contribution < -0.4 is 11.1 Å². The van der Waals surface area contributed by atoms with Crippen molar-refractivity contribution in [3.05, 3.63) is 108 Å². The Bertz CT molecular complexity index is 2090. The molecular formula is C39H43N11O. The highest BCUT2D eigenvalue weighted by Crippen LogP contribution is 2.32. The number of benzene rings is 2. The second-order valence-electron chi connectivity index (χ2n) is 12.9. The van der Waals surface area contributed by atoms with Gasteiger partial charge in [-0.05, 0) is 55.0 Å². The quantitative estimate of drug-likeness (QED) is 0.126. The van der Waals surface area contributed by atoms with Crippen molar-refractivity contribution in [1.82, 2.24) is 34.5 Å². The summed E-state index contributed by atoms with van der Waals surface area (Å²) in [6, 6.07) is 12.8. The molecule has 0 amide bonds. The maximum absolute atomic E-state index is 10.4. The number of anilines is 2. The van der Waals surface area contributed by atoms with Crippen molar-refractivity contribution in [3.8, 4) is 11.3 Å². The van der Waals surface area contributed by atoms with Gasteiger partial charge >= 0.3 is 0 Å². The summed E-state index contributed by atoms with van der Waals surface area (Å²) in [6.07, 6.45) is 27.4. The van der Waals surface area contributed by atoms with E-state index in [1.54, 1.807) is 12.4 Å². The number of nitrogens with zero attached hydrogens (tertiary/aromatic N) is 8. The number of aromatic nitrogens is 7. The summed E-state index contributed by atoms with van der Waals surface area (Å²) < 4.78 is 2.11. The molecular weight excluding hydrogens is 639 g/mol. The van der Waals surface area contributed by atoms with Gasteiger partial charge in [-0.3, -0.25) is 29.3 Å². The van der Waals surface area contributed by atoms with Crippen LogP contribution in [-0.2, 0) is 6.54 Å². The SMILES string of the molecule is Nc1cnccn1.O=Cc1ccc2c(c1)C=NC2.[C-]#[N+]C1CCCCC1.c1cn2c(NC3CCCCC3)c(-c3ccc4[nH]ncc4c3)nc2cn1. The Hall–Kier alpha value is -5.96. The normalized spacial score (nSPS) is 15.3. The van der Waals surface area contributed by atoms with Crippen LogP contribution in [0.1, 0.15) is 85.7 Å². The molecule has 4 N–H and O–H groups in total. The highest BCUT2D eigenvalue weighted by atomic mass is 16.1. The third kappa shape index (κ3) is 9.39. The molecule has 0 spiro atoms. The van der Waals surface area contributed by atoms with Crippen molar-refractivity contribution in [3.63, 3.8) is 0 Å². The summed E-state index contributed by atoms with van der Waals surface area (Å²) in [5.41, 5.74) is 12.2. The fourth-order valence-corrected chi connectivity index (χ4v) is 6.49. The van der Waals surface area contributed by atoms with Gasteiger partial charge in [-0.1, -0.05) is 43.9 Å². The van der Waals surface area contributed by atoms with Gasteiger partial charge in [0.2, 0.25) is 6.04 Å². The predicted octanol–water partition coefficient (Wildman–Crippen LogP) is 7.75. The van der Waals surface area contributed by atoms with Crippen LogP contribution in [0, 0.1) is 6.57 Å². The summed E-state index contributed by atoms with van der Waals surface area (Å²) in [6.45, 7) is 7.48. The van der Waals surface area contributed by atoms with E-state index in [4.69, 9.17) is 17.3 Å². The number of fused-ring (bicyclic) bond motifs is 3. The summed E-state index contributed by atoms with van der Waals surface area (Å²) in [4.78, 5) is 34.4. The van der Waals surface area contributed by atoms with E-state index >= 15 is 0 Å². The van der Waals surface area contributed by atoms with E-state index in [1.165, 1.54) is 63.1 Å². The van der Waals surface area contributed by atoms with Gasteiger partial charge in [0.25, 0.3) is 0 Å². The van der Waals surface area contributed by atoms with Crippen molar-refractivity contribution < 1.29 is 4.79 Å². The number of carbonyl (C=O) groups excluding carboxylic acids is 1. The Morgan fingerprint density at radius 3 is 2.43 bits per heavy atom. The van der Waals surface area contributed by atoms with Crippen LogP contribution in [0.4, 0.5) is 11.6 Å². The average Bonchev–Trinajstić information content (AvgIpc) is 3.95. The molecule has 12 heteroatoms. The maximum Gasteiger partial charge on any atom is 0.223 e. The van der Waals surface area contributed by atoms with Gasteiger partial charge in [-0.15, -0.1) is 0 Å². The third-order valence-corrected chi connectivity index (χ3v) is 9.23.